The van der Waals surface area contributed by atoms with Crippen LogP contribution in [0.1, 0.15) is 63.6 Å². The standard InChI is InChI=1S/C44H56N2O6Si/c1-29(2)12-11-13-30(3)22-23-45-39-21-18-36(51-6)25-38(39)44(43(45)49)31(4)42(53(7,8)37-19-16-35(50-5)17-20-37)40(52-44)26-41(48)46-27-33-15-10-9-14-32(33)24-34(46)28-47/h9-10,12,14-22,25,31,34,40,42,47H,11,13,23-24,26-28H2,1-8H3/b30-22+/t31-,34+,40+,42-,44+/m1/s1. The summed E-state index contributed by atoms with van der Waals surface area (Å²) in [5, 5.41) is 11.7. The Morgan fingerprint density at radius 1 is 0.981 bits per heavy atom. The molecule has 0 unspecified atom stereocenters. The summed E-state index contributed by atoms with van der Waals surface area (Å²) in [7, 11) is 0.825. The number of nitrogens with zero attached hydrogens (tertiary/aromatic N) is 2. The maximum absolute atomic E-state index is 15.2. The summed E-state index contributed by atoms with van der Waals surface area (Å²) < 4.78 is 18.5. The molecule has 3 aliphatic heterocycles. The van der Waals surface area contributed by atoms with Crippen LogP contribution in [0.2, 0.25) is 18.6 Å². The van der Waals surface area contributed by atoms with Gasteiger partial charge in [0.1, 0.15) is 11.5 Å². The van der Waals surface area contributed by atoms with Crippen LogP contribution >= 0.6 is 0 Å². The zero-order chi connectivity index (χ0) is 38.1. The molecule has 1 saturated heterocycles. The zero-order valence-electron chi connectivity index (χ0n) is 32.6. The third-order valence-corrected chi connectivity index (χ3v) is 16.4. The minimum absolute atomic E-state index is 0.0691. The van der Waals surface area contributed by atoms with E-state index in [4.69, 9.17) is 14.2 Å². The van der Waals surface area contributed by atoms with Crippen molar-refractivity contribution in [3.63, 3.8) is 0 Å². The third-order valence-electron chi connectivity index (χ3n) is 12.0. The summed E-state index contributed by atoms with van der Waals surface area (Å²) in [5.41, 5.74) is 4.99. The molecule has 5 atom stereocenters. The van der Waals surface area contributed by atoms with Crippen LogP contribution in [0.25, 0.3) is 0 Å². The Kier molecular flexibility index (Phi) is 11.4. The van der Waals surface area contributed by atoms with Gasteiger partial charge in [-0.3, -0.25) is 9.59 Å². The molecule has 1 fully saturated rings. The first-order valence-corrected chi connectivity index (χ1v) is 22.0. The predicted octanol–water partition coefficient (Wildman–Crippen LogP) is 7.30. The van der Waals surface area contributed by atoms with Crippen LogP contribution in [-0.4, -0.2) is 69.4 Å². The summed E-state index contributed by atoms with van der Waals surface area (Å²) in [6, 6.07) is 21.9. The van der Waals surface area contributed by atoms with Crippen molar-refractivity contribution in [2.75, 3.05) is 32.3 Å². The summed E-state index contributed by atoms with van der Waals surface area (Å²) in [6.07, 6.45) is 6.44. The maximum Gasteiger partial charge on any atom is 0.264 e. The normalized spacial score (nSPS) is 23.9. The Morgan fingerprint density at radius 3 is 2.32 bits per heavy atom. The Balaban J connectivity index is 1.41. The van der Waals surface area contributed by atoms with Gasteiger partial charge in [0.25, 0.3) is 5.91 Å². The molecule has 3 aromatic rings. The first-order chi connectivity index (χ1) is 25.3. The summed E-state index contributed by atoms with van der Waals surface area (Å²) in [6.45, 7) is 13.9. The summed E-state index contributed by atoms with van der Waals surface area (Å²) in [5.74, 6) is 1.01. The number of carbonyl (C=O) groups excluding carboxylic acids is 2. The lowest BCUT2D eigenvalue weighted by atomic mass is 9.82. The minimum atomic E-state index is -2.48. The molecule has 1 N–H and O–H groups in total. The van der Waals surface area contributed by atoms with Gasteiger partial charge in [-0.1, -0.05) is 84.9 Å². The molecule has 53 heavy (non-hydrogen) atoms. The van der Waals surface area contributed by atoms with Gasteiger partial charge in [0.15, 0.2) is 5.60 Å². The molecule has 1 spiro atoms. The number of benzene rings is 3. The molecule has 8 nitrogen and oxygen atoms in total. The van der Waals surface area contributed by atoms with Crippen LogP contribution in [0.15, 0.2) is 90.0 Å². The van der Waals surface area contributed by atoms with Gasteiger partial charge in [0.05, 0.1) is 53.2 Å². The molecule has 0 bridgehead atoms. The average Bonchev–Trinajstić information content (AvgIpc) is 3.58. The Morgan fingerprint density at radius 2 is 1.66 bits per heavy atom. The molecular weight excluding hydrogens is 681 g/mol. The van der Waals surface area contributed by atoms with E-state index in [1.54, 1.807) is 14.2 Å². The molecule has 6 rings (SSSR count). The molecule has 0 aromatic heterocycles. The van der Waals surface area contributed by atoms with Crippen LogP contribution in [0.5, 0.6) is 11.5 Å². The van der Waals surface area contributed by atoms with Gasteiger partial charge in [0.2, 0.25) is 5.91 Å². The molecular formula is C44H56N2O6Si. The van der Waals surface area contributed by atoms with Gasteiger partial charge in [-0.05, 0) is 87.0 Å². The molecule has 3 aliphatic rings. The maximum atomic E-state index is 15.2. The summed E-state index contributed by atoms with van der Waals surface area (Å²) >= 11 is 0. The van der Waals surface area contributed by atoms with Crippen molar-refractivity contribution in [2.24, 2.45) is 5.92 Å². The second-order valence-corrected chi connectivity index (χ2v) is 20.5. The number of amides is 2. The van der Waals surface area contributed by atoms with Crippen molar-refractivity contribution in [2.45, 2.75) is 96.3 Å². The second-order valence-electron chi connectivity index (χ2n) is 15.9. The molecule has 3 heterocycles. The van der Waals surface area contributed by atoms with E-state index in [9.17, 15) is 9.90 Å². The lowest BCUT2D eigenvalue weighted by molar-refractivity contribution is -0.150. The fourth-order valence-electron chi connectivity index (χ4n) is 9.07. The largest absolute Gasteiger partial charge is 0.497 e. The van der Waals surface area contributed by atoms with E-state index in [1.165, 1.54) is 16.3 Å². The molecule has 282 valence electrons. The van der Waals surface area contributed by atoms with E-state index < -0.39 is 19.8 Å². The number of hydrogen-bond acceptors (Lipinski definition) is 6. The van der Waals surface area contributed by atoms with Crippen molar-refractivity contribution in [3.05, 3.63) is 107 Å². The van der Waals surface area contributed by atoms with E-state index in [0.717, 1.165) is 41.0 Å². The van der Waals surface area contributed by atoms with Gasteiger partial charge < -0.3 is 29.1 Å². The van der Waals surface area contributed by atoms with Crippen LogP contribution in [0.3, 0.4) is 0 Å². The van der Waals surface area contributed by atoms with E-state index in [1.807, 2.05) is 52.3 Å². The second kappa shape index (κ2) is 15.7. The smallest absolute Gasteiger partial charge is 0.264 e. The number of ether oxygens (including phenoxy) is 3. The van der Waals surface area contributed by atoms with Crippen molar-refractivity contribution >= 4 is 30.8 Å². The number of aliphatic hydroxyl groups is 1. The topological polar surface area (TPSA) is 88.5 Å². The number of methoxy groups -OCH3 is 2. The van der Waals surface area contributed by atoms with Crippen LogP contribution < -0.4 is 19.6 Å². The van der Waals surface area contributed by atoms with Gasteiger partial charge in [0, 0.05) is 24.6 Å². The Hall–Kier alpha value is -4.18. The Labute approximate surface area is 316 Å². The molecule has 0 aliphatic carbocycles. The quantitative estimate of drug-likeness (QED) is 0.155. The molecule has 0 radical (unpaired) electrons. The molecule has 2 amide bonds. The van der Waals surface area contributed by atoms with E-state index in [2.05, 4.69) is 77.2 Å². The van der Waals surface area contributed by atoms with Crippen LogP contribution in [0, 0.1) is 5.92 Å². The zero-order valence-corrected chi connectivity index (χ0v) is 33.6. The lowest BCUT2D eigenvalue weighted by Crippen LogP contribution is -2.52. The van der Waals surface area contributed by atoms with Gasteiger partial charge >= 0.3 is 0 Å². The number of allylic oxidation sites excluding steroid dienone is 3. The number of fused-ring (bicyclic) bond motifs is 3. The minimum Gasteiger partial charge on any atom is -0.497 e. The van der Waals surface area contributed by atoms with E-state index in [0.29, 0.717) is 25.3 Å². The Bertz CT molecular complexity index is 1880. The fourth-order valence-corrected chi connectivity index (χ4v) is 13.1. The van der Waals surface area contributed by atoms with Crippen molar-refractivity contribution in [3.8, 4) is 11.5 Å². The summed E-state index contributed by atoms with van der Waals surface area (Å²) in [4.78, 5) is 33.4. The van der Waals surface area contributed by atoms with E-state index in [-0.39, 0.29) is 42.3 Å². The monoisotopic (exact) mass is 736 g/mol. The van der Waals surface area contributed by atoms with Crippen molar-refractivity contribution < 1.29 is 28.9 Å². The van der Waals surface area contributed by atoms with Crippen LogP contribution in [-0.2, 0) is 32.9 Å². The first kappa shape index (κ1) is 38.5. The molecule has 3 aromatic carbocycles. The van der Waals surface area contributed by atoms with Gasteiger partial charge in [-0.15, -0.1) is 0 Å². The number of hydrogen-bond donors (Lipinski definition) is 1. The highest BCUT2D eigenvalue weighted by Gasteiger charge is 2.66. The van der Waals surface area contributed by atoms with Gasteiger partial charge in [-0.2, -0.15) is 0 Å². The highest BCUT2D eigenvalue weighted by molar-refractivity contribution is 6.91. The van der Waals surface area contributed by atoms with Crippen molar-refractivity contribution in [1.29, 1.82) is 0 Å². The number of anilines is 1. The fraction of sp³-hybridized carbons (Fsp3) is 0.455. The predicted molar refractivity (Wildman–Crippen MR) is 214 cm³/mol. The number of rotatable bonds is 12. The highest BCUT2D eigenvalue weighted by Crippen LogP contribution is 2.60. The molecule has 9 heteroatoms. The van der Waals surface area contributed by atoms with Gasteiger partial charge in [-0.25, -0.2) is 0 Å². The van der Waals surface area contributed by atoms with Crippen molar-refractivity contribution in [1.82, 2.24) is 4.90 Å². The average molecular weight is 737 g/mol. The molecule has 0 saturated carbocycles. The lowest BCUT2D eigenvalue weighted by Gasteiger charge is -2.39. The SMILES string of the molecule is COc1ccc([Si](C)(C)[C@H]2[C@H](CC(=O)N3Cc4ccccc4C[C@H]3CO)O[C@@]3(C(=O)N(C/C=C(\C)CCC=C(C)C)c4ccc(OC)cc43)[C@@H]2C)cc1. The highest BCUT2D eigenvalue weighted by atomic mass is 28.3. The number of aliphatic hydroxyl groups excluding tert-OH is 1. The van der Waals surface area contributed by atoms with Crippen LogP contribution in [0.4, 0.5) is 5.69 Å². The number of carbonyl (C=O) groups is 2. The first-order valence-electron chi connectivity index (χ1n) is 18.9. The van der Waals surface area contributed by atoms with E-state index >= 15 is 4.79 Å². The third kappa shape index (κ3) is 7.23.